The molecule has 0 aliphatic rings. The molecule has 13 heavy (non-hydrogen) atoms. The third-order valence-electron chi connectivity index (χ3n) is 2.02. The predicted octanol–water partition coefficient (Wildman–Crippen LogP) is 2.36. The lowest BCUT2D eigenvalue weighted by atomic mass is 10.1. The minimum absolute atomic E-state index is 0.762. The molecule has 1 aromatic rings. The third kappa shape index (κ3) is 1.99. The predicted molar refractivity (Wildman–Crippen MR) is 52.2 cm³/mol. The zero-order valence-corrected chi connectivity index (χ0v) is 7.82. The number of benzene rings is 1. The van der Waals surface area contributed by atoms with E-state index in [1.54, 1.807) is 7.05 Å². The fourth-order valence-corrected chi connectivity index (χ4v) is 1.24. The van der Waals surface area contributed by atoms with E-state index in [9.17, 15) is 4.79 Å². The highest BCUT2D eigenvalue weighted by molar-refractivity contribution is 5.86. The number of aryl methyl sites for hydroxylation is 1. The first kappa shape index (κ1) is 9.58. The highest BCUT2D eigenvalue weighted by Gasteiger charge is 2.10. The van der Waals surface area contributed by atoms with Crippen molar-refractivity contribution in [3.8, 4) is 0 Å². The van der Waals surface area contributed by atoms with Crippen molar-refractivity contribution in [3.63, 3.8) is 0 Å². The van der Waals surface area contributed by atoms with Crippen molar-refractivity contribution in [3.05, 3.63) is 29.8 Å². The van der Waals surface area contributed by atoms with E-state index in [0.717, 1.165) is 17.7 Å². The summed E-state index contributed by atoms with van der Waals surface area (Å²) in [6, 6.07) is 7.51. The second-order valence-electron chi connectivity index (χ2n) is 2.82. The lowest BCUT2D eigenvalue weighted by molar-refractivity contribution is 0.203. The first-order valence-electron chi connectivity index (χ1n) is 4.21. The van der Waals surface area contributed by atoms with E-state index < -0.39 is 6.09 Å². The zero-order valence-electron chi connectivity index (χ0n) is 7.82. The van der Waals surface area contributed by atoms with Crippen LogP contribution in [-0.4, -0.2) is 18.2 Å². The fourth-order valence-electron chi connectivity index (χ4n) is 1.24. The Balaban J connectivity index is 3.05. The van der Waals surface area contributed by atoms with Crippen LogP contribution in [0.3, 0.4) is 0 Å². The number of nitrogens with zero attached hydrogens (tertiary/aromatic N) is 1. The van der Waals surface area contributed by atoms with Gasteiger partial charge in [-0.2, -0.15) is 0 Å². The first-order valence-corrected chi connectivity index (χ1v) is 4.21. The van der Waals surface area contributed by atoms with Gasteiger partial charge in [0.1, 0.15) is 0 Å². The Morgan fingerprint density at radius 1 is 1.46 bits per heavy atom. The Labute approximate surface area is 77.6 Å². The maximum absolute atomic E-state index is 10.7. The number of carboxylic acid groups (broad SMARTS) is 1. The molecule has 1 aromatic carbocycles. The van der Waals surface area contributed by atoms with Crippen molar-refractivity contribution in [2.45, 2.75) is 13.3 Å². The van der Waals surface area contributed by atoms with E-state index in [1.807, 2.05) is 31.2 Å². The standard InChI is InChI=1S/C10H13NO2/c1-3-8-6-4-5-7-9(8)11(2)10(12)13/h4-7H,3H2,1-2H3,(H,12,13). The molecule has 0 aromatic heterocycles. The molecule has 1 N–H and O–H groups in total. The quantitative estimate of drug-likeness (QED) is 0.757. The molecule has 0 bridgehead atoms. The summed E-state index contributed by atoms with van der Waals surface area (Å²) in [5.41, 5.74) is 1.81. The summed E-state index contributed by atoms with van der Waals surface area (Å²) >= 11 is 0. The van der Waals surface area contributed by atoms with Gasteiger partial charge >= 0.3 is 6.09 Å². The van der Waals surface area contributed by atoms with Gasteiger partial charge < -0.3 is 5.11 Å². The Morgan fingerprint density at radius 3 is 2.62 bits per heavy atom. The van der Waals surface area contributed by atoms with Gasteiger partial charge in [0.05, 0.1) is 0 Å². The minimum Gasteiger partial charge on any atom is -0.465 e. The van der Waals surface area contributed by atoms with Crippen LogP contribution in [0.5, 0.6) is 0 Å². The molecule has 0 atom stereocenters. The summed E-state index contributed by atoms with van der Waals surface area (Å²) in [7, 11) is 1.55. The van der Waals surface area contributed by atoms with Gasteiger partial charge in [-0.1, -0.05) is 25.1 Å². The van der Waals surface area contributed by atoms with Crippen LogP contribution < -0.4 is 4.90 Å². The van der Waals surface area contributed by atoms with Gasteiger partial charge in [0.2, 0.25) is 0 Å². The summed E-state index contributed by atoms with van der Waals surface area (Å²) in [4.78, 5) is 11.9. The average molecular weight is 179 g/mol. The molecule has 0 aliphatic carbocycles. The average Bonchev–Trinajstić information content (AvgIpc) is 2.16. The molecule has 1 rings (SSSR count). The number of amides is 1. The normalized spacial score (nSPS) is 9.69. The van der Waals surface area contributed by atoms with Gasteiger partial charge in [-0.3, -0.25) is 4.90 Å². The Morgan fingerprint density at radius 2 is 2.08 bits per heavy atom. The number of rotatable bonds is 2. The van der Waals surface area contributed by atoms with Gasteiger partial charge in [-0.15, -0.1) is 0 Å². The smallest absolute Gasteiger partial charge is 0.411 e. The van der Waals surface area contributed by atoms with E-state index in [-0.39, 0.29) is 0 Å². The molecule has 3 nitrogen and oxygen atoms in total. The molecule has 0 aliphatic heterocycles. The summed E-state index contributed by atoms with van der Waals surface area (Å²) in [5.74, 6) is 0. The molecule has 0 fully saturated rings. The Kier molecular flexibility index (Phi) is 2.90. The highest BCUT2D eigenvalue weighted by atomic mass is 16.4. The number of hydrogen-bond donors (Lipinski definition) is 1. The van der Waals surface area contributed by atoms with Crippen molar-refractivity contribution in [1.29, 1.82) is 0 Å². The molecule has 0 heterocycles. The van der Waals surface area contributed by atoms with E-state index in [4.69, 9.17) is 5.11 Å². The SMILES string of the molecule is CCc1ccccc1N(C)C(=O)O. The molecule has 1 amide bonds. The van der Waals surface area contributed by atoms with Gasteiger partial charge in [-0.05, 0) is 18.1 Å². The zero-order chi connectivity index (χ0) is 9.84. The minimum atomic E-state index is -0.930. The van der Waals surface area contributed by atoms with Crippen molar-refractivity contribution in [2.75, 3.05) is 11.9 Å². The fraction of sp³-hybridized carbons (Fsp3) is 0.300. The van der Waals surface area contributed by atoms with Crippen LogP contribution in [0.4, 0.5) is 10.5 Å². The second kappa shape index (κ2) is 3.94. The largest absolute Gasteiger partial charge is 0.465 e. The van der Waals surface area contributed by atoms with Crippen LogP contribution in [0.1, 0.15) is 12.5 Å². The monoisotopic (exact) mass is 179 g/mol. The maximum atomic E-state index is 10.7. The molecule has 0 saturated carbocycles. The van der Waals surface area contributed by atoms with Crippen LogP contribution in [0.2, 0.25) is 0 Å². The molecule has 0 saturated heterocycles. The highest BCUT2D eigenvalue weighted by Crippen LogP contribution is 2.19. The Bertz CT molecular complexity index is 310. The van der Waals surface area contributed by atoms with E-state index in [1.165, 1.54) is 4.90 Å². The van der Waals surface area contributed by atoms with Crippen molar-refractivity contribution >= 4 is 11.8 Å². The van der Waals surface area contributed by atoms with Crippen molar-refractivity contribution in [2.24, 2.45) is 0 Å². The lowest BCUT2D eigenvalue weighted by Crippen LogP contribution is -2.24. The molecule has 0 spiro atoms. The van der Waals surface area contributed by atoms with Crippen LogP contribution >= 0.6 is 0 Å². The second-order valence-corrected chi connectivity index (χ2v) is 2.82. The number of para-hydroxylation sites is 1. The van der Waals surface area contributed by atoms with Gasteiger partial charge in [0.25, 0.3) is 0 Å². The Hall–Kier alpha value is -1.51. The summed E-state index contributed by atoms with van der Waals surface area (Å²) in [5, 5.41) is 8.78. The molecular formula is C10H13NO2. The topological polar surface area (TPSA) is 40.5 Å². The van der Waals surface area contributed by atoms with Gasteiger partial charge in [-0.25, -0.2) is 4.79 Å². The van der Waals surface area contributed by atoms with Crippen molar-refractivity contribution in [1.82, 2.24) is 0 Å². The number of anilines is 1. The van der Waals surface area contributed by atoms with E-state index in [2.05, 4.69) is 0 Å². The summed E-state index contributed by atoms with van der Waals surface area (Å²) in [6.07, 6.45) is -0.0887. The number of carbonyl (C=O) groups is 1. The van der Waals surface area contributed by atoms with Gasteiger partial charge in [0.15, 0.2) is 0 Å². The molecule has 0 unspecified atom stereocenters. The maximum Gasteiger partial charge on any atom is 0.411 e. The van der Waals surface area contributed by atoms with Crippen LogP contribution in [-0.2, 0) is 6.42 Å². The van der Waals surface area contributed by atoms with Crippen LogP contribution in [0, 0.1) is 0 Å². The van der Waals surface area contributed by atoms with E-state index >= 15 is 0 Å². The summed E-state index contributed by atoms with van der Waals surface area (Å²) < 4.78 is 0. The molecule has 0 radical (unpaired) electrons. The van der Waals surface area contributed by atoms with Crippen LogP contribution in [0.15, 0.2) is 24.3 Å². The molecule has 70 valence electrons. The molecular weight excluding hydrogens is 166 g/mol. The number of hydrogen-bond acceptors (Lipinski definition) is 1. The van der Waals surface area contributed by atoms with Crippen LogP contribution in [0.25, 0.3) is 0 Å². The third-order valence-corrected chi connectivity index (χ3v) is 2.02. The molecule has 3 heteroatoms. The first-order chi connectivity index (χ1) is 6.16. The van der Waals surface area contributed by atoms with E-state index in [0.29, 0.717) is 0 Å². The lowest BCUT2D eigenvalue weighted by Gasteiger charge is -2.16. The van der Waals surface area contributed by atoms with Crippen molar-refractivity contribution < 1.29 is 9.90 Å². The summed E-state index contributed by atoms with van der Waals surface area (Å²) in [6.45, 7) is 2.01. The van der Waals surface area contributed by atoms with Gasteiger partial charge in [0, 0.05) is 12.7 Å².